The maximum Gasteiger partial charge on any atom is 0.256 e. The van der Waals surface area contributed by atoms with Gasteiger partial charge in [-0.1, -0.05) is 13.8 Å². The predicted octanol–water partition coefficient (Wildman–Crippen LogP) is 3.94. The molecule has 2 aliphatic heterocycles. The van der Waals surface area contributed by atoms with Gasteiger partial charge in [0, 0.05) is 24.5 Å². The van der Waals surface area contributed by atoms with Crippen molar-refractivity contribution in [2.45, 2.75) is 58.5 Å². The molecule has 5 heterocycles. The summed E-state index contributed by atoms with van der Waals surface area (Å²) in [6.45, 7) is 7.27. The van der Waals surface area contributed by atoms with Crippen molar-refractivity contribution in [3.63, 3.8) is 0 Å². The first-order valence-corrected chi connectivity index (χ1v) is 11.5. The van der Waals surface area contributed by atoms with Gasteiger partial charge in [0.1, 0.15) is 17.2 Å². The van der Waals surface area contributed by atoms with Gasteiger partial charge in [-0.15, -0.1) is 0 Å². The molecule has 1 saturated heterocycles. The summed E-state index contributed by atoms with van der Waals surface area (Å²) in [5, 5.41) is 7.36. The molecule has 168 valence electrons. The molecular weight excluding hydrogens is 407 g/mol. The molecule has 3 aromatic rings. The molecule has 2 bridgehead atoms. The lowest BCUT2D eigenvalue weighted by molar-refractivity contribution is 0.0940. The van der Waals surface area contributed by atoms with E-state index in [0.717, 1.165) is 36.5 Å². The Balaban J connectivity index is 1.69. The van der Waals surface area contributed by atoms with Crippen molar-refractivity contribution in [3.05, 3.63) is 53.4 Å². The molecule has 1 N–H and O–H groups in total. The quantitative estimate of drug-likeness (QED) is 0.659. The summed E-state index contributed by atoms with van der Waals surface area (Å²) in [6, 6.07) is 3.52. The van der Waals surface area contributed by atoms with Crippen molar-refractivity contribution in [1.82, 2.24) is 24.9 Å². The maximum absolute atomic E-state index is 14.4. The number of aryl methyl sites for hydroxylation is 1. The molecule has 0 radical (unpaired) electrons. The Kier molecular flexibility index (Phi) is 5.31. The van der Waals surface area contributed by atoms with E-state index in [1.807, 2.05) is 19.2 Å². The number of hydrogen-bond donors (Lipinski definition) is 1. The minimum Gasteiger partial charge on any atom is -0.349 e. The van der Waals surface area contributed by atoms with E-state index in [1.165, 1.54) is 6.20 Å². The standard InChI is InChI=1S/C24H29FN6O/c1-14(2)10-16-6-8-30-21-7-9-31-23(29-21)19(13-27-31)24(32)28-15(3)4-5-20-18(22(16)30)11-17(25)12-26-20/h7,9,11-16,22H,4-6,8,10H2,1-3H3,(H,28,32)/t15-,16-,22-/m1/s1. The molecule has 8 heteroatoms. The van der Waals surface area contributed by atoms with Crippen molar-refractivity contribution >= 4 is 17.4 Å². The number of halogens is 1. The molecule has 0 spiro atoms. The first-order chi connectivity index (χ1) is 15.4. The number of amides is 1. The van der Waals surface area contributed by atoms with E-state index in [1.54, 1.807) is 16.8 Å². The summed E-state index contributed by atoms with van der Waals surface area (Å²) < 4.78 is 16.1. The van der Waals surface area contributed by atoms with Gasteiger partial charge in [-0.2, -0.15) is 5.10 Å². The zero-order valence-electron chi connectivity index (χ0n) is 18.8. The van der Waals surface area contributed by atoms with Gasteiger partial charge in [0.15, 0.2) is 5.65 Å². The van der Waals surface area contributed by atoms with Crippen LogP contribution in [0.4, 0.5) is 10.2 Å². The van der Waals surface area contributed by atoms with E-state index >= 15 is 0 Å². The highest BCUT2D eigenvalue weighted by atomic mass is 19.1. The van der Waals surface area contributed by atoms with Crippen LogP contribution in [-0.2, 0) is 6.42 Å². The second-order valence-corrected chi connectivity index (χ2v) is 9.53. The fraction of sp³-hybridized carbons (Fsp3) is 0.500. The molecule has 3 atom stereocenters. The smallest absolute Gasteiger partial charge is 0.256 e. The number of carbonyl (C=O) groups excluding carboxylic acids is 1. The largest absolute Gasteiger partial charge is 0.349 e. The minimum atomic E-state index is -0.314. The lowest BCUT2D eigenvalue weighted by Crippen LogP contribution is -2.33. The van der Waals surface area contributed by atoms with Gasteiger partial charge in [0.05, 0.1) is 18.4 Å². The third kappa shape index (κ3) is 3.72. The van der Waals surface area contributed by atoms with Gasteiger partial charge in [-0.05, 0) is 62.1 Å². The Morgan fingerprint density at radius 2 is 2.12 bits per heavy atom. The molecule has 5 rings (SSSR count). The summed E-state index contributed by atoms with van der Waals surface area (Å²) in [4.78, 5) is 24.5. The third-order valence-corrected chi connectivity index (χ3v) is 6.67. The Labute approximate surface area is 187 Å². The lowest BCUT2D eigenvalue weighted by atomic mass is 9.85. The molecule has 0 aromatic carbocycles. The minimum absolute atomic E-state index is 0.00311. The highest BCUT2D eigenvalue weighted by Gasteiger charge is 2.38. The van der Waals surface area contributed by atoms with E-state index in [4.69, 9.17) is 4.98 Å². The Morgan fingerprint density at radius 3 is 2.94 bits per heavy atom. The van der Waals surface area contributed by atoms with Crippen molar-refractivity contribution < 1.29 is 9.18 Å². The Hall–Kier alpha value is -3.03. The van der Waals surface area contributed by atoms with Gasteiger partial charge in [-0.3, -0.25) is 9.78 Å². The van der Waals surface area contributed by atoms with Gasteiger partial charge in [-0.25, -0.2) is 13.9 Å². The average Bonchev–Trinajstić information content (AvgIpc) is 3.35. The molecule has 32 heavy (non-hydrogen) atoms. The van der Waals surface area contributed by atoms with E-state index in [-0.39, 0.29) is 23.8 Å². The van der Waals surface area contributed by atoms with Crippen molar-refractivity contribution in [1.29, 1.82) is 0 Å². The van der Waals surface area contributed by atoms with Crippen LogP contribution in [0.2, 0.25) is 0 Å². The van der Waals surface area contributed by atoms with Crippen LogP contribution in [-0.4, -0.2) is 38.1 Å². The van der Waals surface area contributed by atoms with Crippen LogP contribution < -0.4 is 10.2 Å². The summed E-state index contributed by atoms with van der Waals surface area (Å²) in [6.07, 6.45) is 8.16. The highest BCUT2D eigenvalue weighted by molar-refractivity contribution is 5.99. The van der Waals surface area contributed by atoms with Crippen LogP contribution in [0, 0.1) is 17.7 Å². The number of nitrogens with zero attached hydrogens (tertiary/aromatic N) is 5. The number of pyridine rings is 1. The number of fused-ring (bicyclic) bond motifs is 5. The summed E-state index contributed by atoms with van der Waals surface area (Å²) in [7, 11) is 0. The van der Waals surface area contributed by atoms with E-state index in [0.29, 0.717) is 35.9 Å². The van der Waals surface area contributed by atoms with Crippen LogP contribution in [0.3, 0.4) is 0 Å². The molecular formula is C24H29FN6O. The molecule has 2 aliphatic rings. The number of anilines is 1. The molecule has 7 nitrogen and oxygen atoms in total. The molecule has 0 saturated carbocycles. The first-order valence-electron chi connectivity index (χ1n) is 11.5. The van der Waals surface area contributed by atoms with E-state index < -0.39 is 0 Å². The van der Waals surface area contributed by atoms with Crippen LogP contribution in [0.25, 0.3) is 5.65 Å². The molecule has 1 amide bonds. The van der Waals surface area contributed by atoms with Gasteiger partial charge < -0.3 is 10.2 Å². The van der Waals surface area contributed by atoms with Gasteiger partial charge >= 0.3 is 0 Å². The third-order valence-electron chi connectivity index (χ3n) is 6.67. The molecule has 0 aliphatic carbocycles. The Morgan fingerprint density at radius 1 is 1.28 bits per heavy atom. The van der Waals surface area contributed by atoms with Crippen molar-refractivity contribution in [2.75, 3.05) is 11.4 Å². The SMILES string of the molecule is CC(C)C[C@H]1CCN2c3ccn4ncc(c4n3)C(=O)N[C@H](C)CCc3ncc(F)cc3[C@@H]12. The van der Waals surface area contributed by atoms with Crippen LogP contribution in [0.15, 0.2) is 30.7 Å². The van der Waals surface area contributed by atoms with Crippen LogP contribution >= 0.6 is 0 Å². The first kappa shape index (κ1) is 20.8. The average molecular weight is 437 g/mol. The van der Waals surface area contributed by atoms with E-state index in [2.05, 4.69) is 34.1 Å². The summed E-state index contributed by atoms with van der Waals surface area (Å²) in [5.74, 6) is 1.20. The number of aromatic nitrogens is 4. The second kappa shape index (κ2) is 8.15. The van der Waals surface area contributed by atoms with Crippen molar-refractivity contribution in [2.24, 2.45) is 11.8 Å². The molecule has 3 aromatic heterocycles. The fourth-order valence-electron chi connectivity index (χ4n) is 5.24. The predicted molar refractivity (Wildman–Crippen MR) is 120 cm³/mol. The van der Waals surface area contributed by atoms with E-state index in [9.17, 15) is 9.18 Å². The van der Waals surface area contributed by atoms with Crippen LogP contribution in [0.1, 0.15) is 67.7 Å². The summed E-state index contributed by atoms with van der Waals surface area (Å²) >= 11 is 0. The normalized spacial score (nSPS) is 23.5. The monoisotopic (exact) mass is 436 g/mol. The van der Waals surface area contributed by atoms with Crippen LogP contribution in [0.5, 0.6) is 0 Å². The molecule has 0 unspecified atom stereocenters. The van der Waals surface area contributed by atoms with Gasteiger partial charge in [0.25, 0.3) is 5.91 Å². The Bertz CT molecular complexity index is 1160. The van der Waals surface area contributed by atoms with Crippen molar-refractivity contribution in [3.8, 4) is 0 Å². The zero-order chi connectivity index (χ0) is 22.4. The topological polar surface area (TPSA) is 75.4 Å². The second-order valence-electron chi connectivity index (χ2n) is 9.53. The maximum atomic E-state index is 14.4. The number of carbonyl (C=O) groups is 1. The number of rotatable bonds is 2. The fourth-order valence-corrected chi connectivity index (χ4v) is 5.24. The lowest BCUT2D eigenvalue weighted by Gasteiger charge is -2.31. The van der Waals surface area contributed by atoms with Gasteiger partial charge in [0.2, 0.25) is 0 Å². The zero-order valence-corrected chi connectivity index (χ0v) is 18.8. The highest BCUT2D eigenvalue weighted by Crippen LogP contribution is 2.44. The number of hydrogen-bond acceptors (Lipinski definition) is 5. The molecule has 1 fully saturated rings. The number of nitrogens with one attached hydrogen (secondary N) is 1. The summed E-state index contributed by atoms with van der Waals surface area (Å²) in [5.41, 5.74) is 2.85.